The number of para-hydroxylation sites is 1. The topological polar surface area (TPSA) is 88.5 Å². The van der Waals surface area contributed by atoms with Crippen LogP contribution in [-0.4, -0.2) is 24.7 Å². The number of nitrogens with one attached hydrogen (secondary N) is 2. The van der Waals surface area contributed by atoms with Gasteiger partial charge in [0, 0.05) is 24.0 Å². The Balaban J connectivity index is 1.80. The Hall–Kier alpha value is -3.48. The second kappa shape index (κ2) is 5.86. The molecule has 0 aliphatic heterocycles. The smallest absolute Gasteiger partial charge is 0.273 e. The molecule has 0 spiro atoms. The summed E-state index contributed by atoms with van der Waals surface area (Å²) in [4.78, 5) is 25.1. The van der Waals surface area contributed by atoms with E-state index >= 15 is 0 Å². The normalized spacial score (nSPS) is 11.0. The Kier molecular flexibility index (Phi) is 3.53. The van der Waals surface area contributed by atoms with Crippen LogP contribution in [0.25, 0.3) is 16.6 Å². The first-order valence-electron chi connectivity index (χ1n) is 7.86. The zero-order chi connectivity index (χ0) is 17.4. The van der Waals surface area contributed by atoms with Crippen molar-refractivity contribution in [3.05, 3.63) is 70.5 Å². The molecular weight excluding hydrogens is 316 g/mol. The number of anilines is 2. The number of hydrogen-bond donors (Lipinski definition) is 2. The van der Waals surface area contributed by atoms with Crippen LogP contribution in [0.4, 0.5) is 11.6 Å². The maximum Gasteiger partial charge on any atom is 0.273 e. The van der Waals surface area contributed by atoms with Crippen molar-refractivity contribution >= 4 is 22.5 Å². The lowest BCUT2D eigenvalue weighted by Crippen LogP contribution is -2.03. The number of aryl methyl sites for hydroxylation is 2. The third-order valence-electron chi connectivity index (χ3n) is 3.82. The average molecular weight is 332 g/mol. The van der Waals surface area contributed by atoms with Crippen molar-refractivity contribution in [3.8, 4) is 5.69 Å². The molecule has 4 rings (SSSR count). The standard InChI is InChI=1S/C18H16N6O/c1-11-8-17(21-12(2)20-11)22-16-9-15-14(10-19-16)18(25)23-24(15)13-6-4-3-5-7-13/h3-10H,1-2H3,(H,23,25)(H,19,20,21,22). The number of aromatic amines is 1. The molecule has 2 N–H and O–H groups in total. The van der Waals surface area contributed by atoms with Gasteiger partial charge in [0.25, 0.3) is 5.56 Å². The molecule has 0 aliphatic carbocycles. The Labute approximate surface area is 143 Å². The molecule has 0 saturated heterocycles. The summed E-state index contributed by atoms with van der Waals surface area (Å²) in [6.07, 6.45) is 1.57. The molecule has 0 bridgehead atoms. The van der Waals surface area contributed by atoms with Gasteiger partial charge in [-0.15, -0.1) is 0 Å². The molecule has 0 unspecified atom stereocenters. The predicted octanol–water partition coefficient (Wildman–Crippen LogP) is 2.86. The highest BCUT2D eigenvalue weighted by Crippen LogP contribution is 2.20. The maximum absolute atomic E-state index is 12.2. The van der Waals surface area contributed by atoms with Crippen molar-refractivity contribution < 1.29 is 0 Å². The van der Waals surface area contributed by atoms with Crippen LogP contribution in [0.15, 0.2) is 53.5 Å². The Morgan fingerprint density at radius 3 is 2.60 bits per heavy atom. The van der Waals surface area contributed by atoms with Gasteiger partial charge in [-0.25, -0.2) is 15.0 Å². The minimum atomic E-state index is -0.174. The molecule has 0 amide bonds. The molecule has 0 fully saturated rings. The quantitative estimate of drug-likeness (QED) is 0.602. The Bertz CT molecular complexity index is 1090. The van der Waals surface area contributed by atoms with E-state index in [1.54, 1.807) is 10.9 Å². The van der Waals surface area contributed by atoms with E-state index in [1.165, 1.54) is 0 Å². The molecule has 1 aromatic carbocycles. The zero-order valence-electron chi connectivity index (χ0n) is 13.8. The van der Waals surface area contributed by atoms with Gasteiger partial charge in [0.2, 0.25) is 0 Å². The third-order valence-corrected chi connectivity index (χ3v) is 3.82. The summed E-state index contributed by atoms with van der Waals surface area (Å²) in [5, 5.41) is 6.55. The molecule has 7 nitrogen and oxygen atoms in total. The van der Waals surface area contributed by atoms with Gasteiger partial charge in [0.05, 0.1) is 16.6 Å². The Morgan fingerprint density at radius 1 is 1.04 bits per heavy atom. The van der Waals surface area contributed by atoms with Crippen molar-refractivity contribution in [2.45, 2.75) is 13.8 Å². The molecule has 3 heterocycles. The summed E-state index contributed by atoms with van der Waals surface area (Å²) in [5.74, 6) is 1.96. The van der Waals surface area contributed by atoms with E-state index in [0.29, 0.717) is 22.8 Å². The van der Waals surface area contributed by atoms with Crippen LogP contribution >= 0.6 is 0 Å². The molecule has 0 atom stereocenters. The van der Waals surface area contributed by atoms with Crippen LogP contribution in [0.3, 0.4) is 0 Å². The SMILES string of the molecule is Cc1cc(Nc2cc3c(cn2)c(=O)[nH]n3-c2ccccc2)nc(C)n1. The fourth-order valence-electron chi connectivity index (χ4n) is 2.79. The van der Waals surface area contributed by atoms with Crippen LogP contribution in [0.1, 0.15) is 11.5 Å². The van der Waals surface area contributed by atoms with Crippen molar-refractivity contribution in [2.24, 2.45) is 0 Å². The number of fused-ring (bicyclic) bond motifs is 1. The number of pyridine rings is 1. The van der Waals surface area contributed by atoms with E-state index in [1.807, 2.05) is 56.3 Å². The highest BCUT2D eigenvalue weighted by atomic mass is 16.1. The number of rotatable bonds is 3. The van der Waals surface area contributed by atoms with Gasteiger partial charge in [0.15, 0.2) is 0 Å². The van der Waals surface area contributed by atoms with E-state index < -0.39 is 0 Å². The molecule has 4 aromatic rings. The molecule has 0 radical (unpaired) electrons. The lowest BCUT2D eigenvalue weighted by molar-refractivity contribution is 0.891. The summed E-state index contributed by atoms with van der Waals surface area (Å²) in [5.41, 5.74) is 2.32. The van der Waals surface area contributed by atoms with E-state index in [9.17, 15) is 4.79 Å². The summed E-state index contributed by atoms with van der Waals surface area (Å²) < 4.78 is 1.75. The van der Waals surface area contributed by atoms with Gasteiger partial charge in [-0.2, -0.15) is 0 Å². The monoisotopic (exact) mass is 332 g/mol. The van der Waals surface area contributed by atoms with E-state index in [2.05, 4.69) is 25.4 Å². The van der Waals surface area contributed by atoms with Gasteiger partial charge in [-0.3, -0.25) is 14.6 Å². The third kappa shape index (κ3) is 2.87. The number of hydrogen-bond acceptors (Lipinski definition) is 5. The van der Waals surface area contributed by atoms with Crippen LogP contribution in [0, 0.1) is 13.8 Å². The maximum atomic E-state index is 12.2. The fraction of sp³-hybridized carbons (Fsp3) is 0.111. The highest BCUT2D eigenvalue weighted by Gasteiger charge is 2.10. The number of nitrogens with zero attached hydrogens (tertiary/aromatic N) is 4. The first kappa shape index (κ1) is 15.1. The predicted molar refractivity (Wildman–Crippen MR) is 96.5 cm³/mol. The van der Waals surface area contributed by atoms with Crippen molar-refractivity contribution in [3.63, 3.8) is 0 Å². The summed E-state index contributed by atoms with van der Waals surface area (Å²) in [7, 11) is 0. The molecule has 7 heteroatoms. The first-order valence-corrected chi connectivity index (χ1v) is 7.86. The summed E-state index contributed by atoms with van der Waals surface area (Å²) in [6, 6.07) is 13.3. The largest absolute Gasteiger partial charge is 0.325 e. The van der Waals surface area contributed by atoms with Gasteiger partial charge >= 0.3 is 0 Å². The van der Waals surface area contributed by atoms with Crippen LogP contribution < -0.4 is 10.9 Å². The molecule has 25 heavy (non-hydrogen) atoms. The molecule has 124 valence electrons. The summed E-state index contributed by atoms with van der Waals surface area (Å²) in [6.45, 7) is 3.75. The summed E-state index contributed by atoms with van der Waals surface area (Å²) >= 11 is 0. The minimum Gasteiger partial charge on any atom is -0.325 e. The second-order valence-electron chi connectivity index (χ2n) is 5.77. The van der Waals surface area contributed by atoms with Gasteiger partial charge in [-0.1, -0.05) is 18.2 Å². The van der Waals surface area contributed by atoms with Crippen LogP contribution in [0.5, 0.6) is 0 Å². The zero-order valence-corrected chi connectivity index (χ0v) is 13.8. The second-order valence-corrected chi connectivity index (χ2v) is 5.77. The van der Waals surface area contributed by atoms with E-state index in [4.69, 9.17) is 0 Å². The lowest BCUT2D eigenvalue weighted by atomic mass is 10.3. The minimum absolute atomic E-state index is 0.174. The number of H-pyrrole nitrogens is 1. The molecular formula is C18H16N6O. The van der Waals surface area contributed by atoms with Gasteiger partial charge < -0.3 is 5.32 Å². The molecule has 0 aliphatic rings. The van der Waals surface area contributed by atoms with Crippen LogP contribution in [-0.2, 0) is 0 Å². The van der Waals surface area contributed by atoms with Crippen molar-refractivity contribution in [1.29, 1.82) is 0 Å². The fourth-order valence-corrected chi connectivity index (χ4v) is 2.79. The van der Waals surface area contributed by atoms with Crippen molar-refractivity contribution in [1.82, 2.24) is 24.7 Å². The van der Waals surface area contributed by atoms with Crippen LogP contribution in [0.2, 0.25) is 0 Å². The van der Waals surface area contributed by atoms with Gasteiger partial charge in [0.1, 0.15) is 17.5 Å². The average Bonchev–Trinajstić information content (AvgIpc) is 2.91. The Morgan fingerprint density at radius 2 is 1.84 bits per heavy atom. The number of aromatic nitrogens is 5. The van der Waals surface area contributed by atoms with E-state index in [0.717, 1.165) is 16.9 Å². The molecule has 0 saturated carbocycles. The molecule has 3 aromatic heterocycles. The highest BCUT2D eigenvalue weighted by molar-refractivity contribution is 5.82. The van der Waals surface area contributed by atoms with Gasteiger partial charge in [-0.05, 0) is 26.0 Å². The van der Waals surface area contributed by atoms with E-state index in [-0.39, 0.29) is 5.56 Å². The van der Waals surface area contributed by atoms with Crippen molar-refractivity contribution in [2.75, 3.05) is 5.32 Å². The number of benzene rings is 1. The lowest BCUT2D eigenvalue weighted by Gasteiger charge is -2.08. The first-order chi connectivity index (χ1) is 12.1.